The van der Waals surface area contributed by atoms with Crippen LogP contribution < -0.4 is 14.4 Å². The van der Waals surface area contributed by atoms with Crippen LogP contribution in [0.15, 0.2) is 30.3 Å². The first kappa shape index (κ1) is 29.9. The Morgan fingerprint density at radius 3 is 2.67 bits per heavy atom. The van der Waals surface area contributed by atoms with Gasteiger partial charge < -0.3 is 19.5 Å². The summed E-state index contributed by atoms with van der Waals surface area (Å²) < 4.78 is 61.7. The summed E-state index contributed by atoms with van der Waals surface area (Å²) in [6.45, 7) is 1.69. The predicted octanol–water partition coefficient (Wildman–Crippen LogP) is 4.28. The number of pyridine rings is 2. The van der Waals surface area contributed by atoms with Gasteiger partial charge >= 0.3 is 6.55 Å². The SMILES string of the molecule is COc1cc(C(=O)N2CCC3NCCCC3C2)cc2nc(-c3cc4ccc(N(C(F)F)S(C)(=O)=O)nc4n3CC3CC3)c(C)n12. The number of methoxy groups -OCH3 is 1. The number of hydrogen-bond acceptors (Lipinski definition) is 7. The molecule has 0 aromatic carbocycles. The molecule has 1 amide bonds. The molecule has 2 unspecified atom stereocenters. The van der Waals surface area contributed by atoms with Gasteiger partial charge in [-0.3, -0.25) is 9.20 Å². The lowest BCUT2D eigenvalue weighted by molar-refractivity contribution is 0.0592. The Kier molecular flexibility index (Phi) is 7.46. The van der Waals surface area contributed by atoms with Crippen molar-refractivity contribution in [3.8, 4) is 17.3 Å². The van der Waals surface area contributed by atoms with Gasteiger partial charge in [-0.15, -0.1) is 0 Å². The molecule has 240 valence electrons. The first-order valence-electron chi connectivity index (χ1n) is 15.4. The lowest BCUT2D eigenvalue weighted by Crippen LogP contribution is -2.53. The second-order valence-electron chi connectivity index (χ2n) is 12.5. The molecular weight excluding hydrogens is 604 g/mol. The van der Waals surface area contributed by atoms with Gasteiger partial charge in [0.25, 0.3) is 5.91 Å². The maximum absolute atomic E-state index is 13.8. The first-order chi connectivity index (χ1) is 21.5. The molecule has 2 atom stereocenters. The number of alkyl halides is 2. The minimum absolute atomic E-state index is 0.0351. The van der Waals surface area contributed by atoms with Crippen LogP contribution in [0.4, 0.5) is 14.6 Å². The molecule has 3 fully saturated rings. The Balaban J connectivity index is 1.30. The minimum atomic E-state index is -4.26. The van der Waals surface area contributed by atoms with Gasteiger partial charge in [0.15, 0.2) is 5.88 Å². The number of ether oxygens (including phenoxy) is 1. The molecule has 7 rings (SSSR count). The Bertz CT molecular complexity index is 1900. The fraction of sp³-hybridized carbons (Fsp3) is 0.516. The molecule has 0 radical (unpaired) electrons. The summed E-state index contributed by atoms with van der Waals surface area (Å²) in [6.07, 6.45) is 5.97. The van der Waals surface area contributed by atoms with Crippen molar-refractivity contribution >= 4 is 38.4 Å². The minimum Gasteiger partial charge on any atom is -0.482 e. The van der Waals surface area contributed by atoms with Crippen molar-refractivity contribution < 1.29 is 26.7 Å². The topological polar surface area (TPSA) is 114 Å². The van der Waals surface area contributed by atoms with Crippen LogP contribution in [0.2, 0.25) is 0 Å². The van der Waals surface area contributed by atoms with E-state index in [1.807, 2.05) is 26.9 Å². The second-order valence-corrected chi connectivity index (χ2v) is 14.4. The molecule has 1 aliphatic carbocycles. The molecule has 4 aromatic heterocycles. The third-order valence-corrected chi connectivity index (χ3v) is 10.5. The molecule has 2 saturated heterocycles. The van der Waals surface area contributed by atoms with Crippen molar-refractivity contribution in [2.45, 2.75) is 58.2 Å². The third kappa shape index (κ3) is 5.41. The van der Waals surface area contributed by atoms with Crippen molar-refractivity contribution in [1.29, 1.82) is 0 Å². The standard InChI is InChI=1S/C31H37F2N7O4S/c1-18-28(24-13-20-8-9-25(40(31(32)33)45(3,42)43)36-29(20)38(24)16-19-6-7-19)35-26-14-22(15-27(44-2)39(18)26)30(41)37-12-10-23-21(17-37)5-4-11-34-23/h8-9,13-15,19,21,23,31,34H,4-7,10-12,16-17H2,1-3H3. The highest BCUT2D eigenvalue weighted by Gasteiger charge is 2.34. The summed E-state index contributed by atoms with van der Waals surface area (Å²) in [7, 11) is -2.70. The number of sulfonamides is 1. The van der Waals surface area contributed by atoms with E-state index in [2.05, 4.69) is 10.3 Å². The maximum atomic E-state index is 13.8. The number of fused-ring (bicyclic) bond motifs is 3. The fourth-order valence-electron chi connectivity index (χ4n) is 7.00. The van der Waals surface area contributed by atoms with Crippen LogP contribution >= 0.6 is 0 Å². The van der Waals surface area contributed by atoms with Gasteiger partial charge in [-0.05, 0) is 81.7 Å². The number of amides is 1. The second kappa shape index (κ2) is 11.2. The van der Waals surface area contributed by atoms with Gasteiger partial charge in [0.2, 0.25) is 10.0 Å². The van der Waals surface area contributed by atoms with E-state index in [0.29, 0.717) is 64.8 Å². The fourth-order valence-corrected chi connectivity index (χ4v) is 7.73. The van der Waals surface area contributed by atoms with E-state index in [1.165, 1.54) is 6.07 Å². The van der Waals surface area contributed by atoms with E-state index in [9.17, 15) is 22.0 Å². The predicted molar refractivity (Wildman–Crippen MR) is 166 cm³/mol. The zero-order valence-electron chi connectivity index (χ0n) is 25.5. The highest BCUT2D eigenvalue weighted by Crippen LogP contribution is 2.38. The number of nitrogens with one attached hydrogen (secondary N) is 1. The van der Waals surface area contributed by atoms with Crippen LogP contribution in [0.1, 0.15) is 48.2 Å². The number of halogens is 2. The van der Waals surface area contributed by atoms with E-state index in [1.54, 1.807) is 25.3 Å². The molecule has 45 heavy (non-hydrogen) atoms. The molecule has 3 aliphatic rings. The molecule has 0 bridgehead atoms. The number of likely N-dealkylation sites (tertiary alicyclic amines) is 1. The number of aromatic nitrogens is 4. The van der Waals surface area contributed by atoms with Gasteiger partial charge in [0.05, 0.1) is 24.8 Å². The van der Waals surface area contributed by atoms with Crippen LogP contribution in [0.5, 0.6) is 5.88 Å². The molecule has 11 nitrogen and oxygen atoms in total. The smallest absolute Gasteiger partial charge is 0.329 e. The van der Waals surface area contributed by atoms with Gasteiger partial charge in [0, 0.05) is 42.7 Å². The molecule has 2 aliphatic heterocycles. The average molecular weight is 642 g/mol. The molecule has 6 heterocycles. The van der Waals surface area contributed by atoms with Crippen LogP contribution in [0.25, 0.3) is 28.1 Å². The highest BCUT2D eigenvalue weighted by atomic mass is 32.2. The maximum Gasteiger partial charge on any atom is 0.329 e. The number of hydrogen-bond donors (Lipinski definition) is 1. The van der Waals surface area contributed by atoms with Gasteiger partial charge in [-0.2, -0.15) is 13.1 Å². The summed E-state index contributed by atoms with van der Waals surface area (Å²) in [5.41, 5.74) is 3.62. The largest absolute Gasteiger partial charge is 0.482 e. The van der Waals surface area contributed by atoms with Crippen LogP contribution in [0, 0.1) is 18.8 Å². The van der Waals surface area contributed by atoms with Crippen LogP contribution in [-0.2, 0) is 16.6 Å². The lowest BCUT2D eigenvalue weighted by Gasteiger charge is -2.41. The lowest BCUT2D eigenvalue weighted by atomic mass is 9.85. The van der Waals surface area contributed by atoms with Crippen molar-refractivity contribution in [1.82, 2.24) is 29.2 Å². The summed E-state index contributed by atoms with van der Waals surface area (Å²) in [5, 5.41) is 4.27. The molecule has 4 aromatic rings. The van der Waals surface area contributed by atoms with Crippen LogP contribution in [-0.4, -0.2) is 83.8 Å². The zero-order valence-corrected chi connectivity index (χ0v) is 26.4. The van der Waals surface area contributed by atoms with E-state index in [0.717, 1.165) is 62.8 Å². The number of carbonyl (C=O) groups is 1. The quantitative estimate of drug-likeness (QED) is 0.286. The first-order valence-corrected chi connectivity index (χ1v) is 17.3. The summed E-state index contributed by atoms with van der Waals surface area (Å²) >= 11 is 0. The van der Waals surface area contributed by atoms with Gasteiger partial charge in [-0.25, -0.2) is 18.4 Å². The highest BCUT2D eigenvalue weighted by molar-refractivity contribution is 7.92. The number of aryl methyl sites for hydroxylation is 1. The summed E-state index contributed by atoms with van der Waals surface area (Å²) in [6, 6.07) is 8.83. The molecule has 14 heteroatoms. The van der Waals surface area contributed by atoms with E-state index >= 15 is 0 Å². The van der Waals surface area contributed by atoms with Crippen molar-refractivity contribution in [3.05, 3.63) is 41.6 Å². The molecule has 1 saturated carbocycles. The van der Waals surface area contributed by atoms with Crippen molar-refractivity contribution in [2.75, 3.05) is 37.3 Å². The monoisotopic (exact) mass is 641 g/mol. The van der Waals surface area contributed by atoms with Gasteiger partial charge in [-0.1, -0.05) is 0 Å². The summed E-state index contributed by atoms with van der Waals surface area (Å²) in [4.78, 5) is 25.1. The zero-order chi connectivity index (χ0) is 31.6. The molecule has 0 spiro atoms. The Morgan fingerprint density at radius 1 is 1.16 bits per heavy atom. The normalized spacial score (nSPS) is 20.6. The van der Waals surface area contributed by atoms with E-state index in [4.69, 9.17) is 9.72 Å². The van der Waals surface area contributed by atoms with Crippen molar-refractivity contribution in [2.24, 2.45) is 11.8 Å². The number of nitrogens with zero attached hydrogens (tertiary/aromatic N) is 6. The van der Waals surface area contributed by atoms with Gasteiger partial charge in [0.1, 0.15) is 22.8 Å². The number of rotatable bonds is 8. The number of carbonyl (C=O) groups excluding carboxylic acids is 1. The third-order valence-electron chi connectivity index (χ3n) is 9.42. The number of imidazole rings is 1. The summed E-state index contributed by atoms with van der Waals surface area (Å²) in [5.74, 6) is 0.940. The van der Waals surface area contributed by atoms with Crippen molar-refractivity contribution in [3.63, 3.8) is 0 Å². The van der Waals surface area contributed by atoms with E-state index < -0.39 is 16.6 Å². The van der Waals surface area contributed by atoms with Crippen LogP contribution in [0.3, 0.4) is 0 Å². The van der Waals surface area contributed by atoms with E-state index in [-0.39, 0.29) is 16.0 Å². The number of anilines is 1. The Hall–Kier alpha value is -3.78. The molecule has 1 N–H and O–H groups in total. The Morgan fingerprint density at radius 2 is 1.96 bits per heavy atom. The Labute approximate surface area is 260 Å². The molecular formula is C31H37F2N7O4S. The average Bonchev–Trinajstić information content (AvgIpc) is 3.68. The number of piperidine rings is 2.